The van der Waals surface area contributed by atoms with Crippen molar-refractivity contribution in [2.75, 3.05) is 7.05 Å². The average Bonchev–Trinajstić information content (AvgIpc) is 2.47. The maximum atomic E-state index is 9.02. The van der Waals surface area contributed by atoms with Crippen molar-refractivity contribution in [2.24, 2.45) is 0 Å². The van der Waals surface area contributed by atoms with Crippen molar-refractivity contribution in [3.8, 4) is 11.8 Å². The van der Waals surface area contributed by atoms with Gasteiger partial charge in [-0.3, -0.25) is 0 Å². The molecule has 0 fully saturated rings. The predicted octanol–water partition coefficient (Wildman–Crippen LogP) is 3.01. The Morgan fingerprint density at radius 2 is 2.10 bits per heavy atom. The van der Waals surface area contributed by atoms with Gasteiger partial charge in [-0.25, -0.2) is 4.98 Å². The lowest BCUT2D eigenvalue weighted by Crippen LogP contribution is -2.08. The number of nitrogens with zero attached hydrogens (tertiary/aromatic N) is 2. The van der Waals surface area contributed by atoms with E-state index in [1.807, 2.05) is 31.3 Å². The summed E-state index contributed by atoms with van der Waals surface area (Å²) in [7, 11) is 1.89. The number of para-hydroxylation sites is 1. The van der Waals surface area contributed by atoms with Gasteiger partial charge in [0.05, 0.1) is 4.47 Å². The Labute approximate surface area is 126 Å². The lowest BCUT2D eigenvalue weighted by molar-refractivity contribution is 0.299. The number of aromatic nitrogens is 1. The van der Waals surface area contributed by atoms with Crippen molar-refractivity contribution in [1.29, 1.82) is 5.26 Å². The number of benzene rings is 1. The molecular formula is C15H14BrN3O. The zero-order valence-electron chi connectivity index (χ0n) is 11.1. The molecule has 4 nitrogen and oxygen atoms in total. The normalized spacial score (nSPS) is 10.1. The van der Waals surface area contributed by atoms with E-state index in [1.165, 1.54) is 0 Å². The van der Waals surface area contributed by atoms with Crippen molar-refractivity contribution in [3.05, 3.63) is 57.8 Å². The first-order valence-electron chi connectivity index (χ1n) is 6.15. The van der Waals surface area contributed by atoms with E-state index >= 15 is 0 Å². The van der Waals surface area contributed by atoms with Crippen LogP contribution < -0.4 is 10.1 Å². The second-order valence-electron chi connectivity index (χ2n) is 4.17. The van der Waals surface area contributed by atoms with E-state index in [0.29, 0.717) is 18.8 Å². The maximum absolute atomic E-state index is 9.02. The highest BCUT2D eigenvalue weighted by atomic mass is 79.9. The van der Waals surface area contributed by atoms with Crippen LogP contribution >= 0.6 is 15.9 Å². The number of hydrogen-bond donors (Lipinski definition) is 1. The van der Waals surface area contributed by atoms with E-state index in [2.05, 4.69) is 32.3 Å². The second kappa shape index (κ2) is 7.04. The molecule has 0 bridgehead atoms. The van der Waals surface area contributed by atoms with Gasteiger partial charge in [0.15, 0.2) is 0 Å². The molecule has 0 aliphatic carbocycles. The Balaban J connectivity index is 2.21. The van der Waals surface area contributed by atoms with E-state index in [0.717, 1.165) is 21.3 Å². The molecule has 2 rings (SSSR count). The molecule has 0 radical (unpaired) electrons. The number of rotatable bonds is 5. The Morgan fingerprint density at radius 3 is 2.85 bits per heavy atom. The average molecular weight is 332 g/mol. The largest absolute Gasteiger partial charge is 0.487 e. The standard InChI is InChI=1S/C15H14BrN3O/c1-18-9-11-4-2-6-13(16)15(11)20-10-12-5-3-7-19-14(12)8-17/h2-7,18H,9-10H2,1H3. The van der Waals surface area contributed by atoms with E-state index in [-0.39, 0.29) is 0 Å². The second-order valence-corrected chi connectivity index (χ2v) is 5.02. The zero-order valence-corrected chi connectivity index (χ0v) is 12.6. The van der Waals surface area contributed by atoms with Gasteiger partial charge in [0.1, 0.15) is 24.1 Å². The summed E-state index contributed by atoms with van der Waals surface area (Å²) >= 11 is 3.49. The fourth-order valence-electron chi connectivity index (χ4n) is 1.85. The molecular weight excluding hydrogens is 318 g/mol. The monoisotopic (exact) mass is 331 g/mol. The molecule has 5 heteroatoms. The highest BCUT2D eigenvalue weighted by molar-refractivity contribution is 9.10. The molecule has 1 aromatic carbocycles. The Morgan fingerprint density at radius 1 is 1.30 bits per heavy atom. The van der Waals surface area contributed by atoms with Crippen LogP contribution in [-0.4, -0.2) is 12.0 Å². The van der Waals surface area contributed by atoms with Crippen LogP contribution in [0.5, 0.6) is 5.75 Å². The molecule has 1 heterocycles. The zero-order chi connectivity index (χ0) is 14.4. The Bertz CT molecular complexity index is 637. The van der Waals surface area contributed by atoms with Crippen LogP contribution in [0, 0.1) is 11.3 Å². The van der Waals surface area contributed by atoms with E-state index in [9.17, 15) is 0 Å². The van der Waals surface area contributed by atoms with Gasteiger partial charge >= 0.3 is 0 Å². The number of nitrogens with one attached hydrogen (secondary N) is 1. The molecule has 102 valence electrons. The third-order valence-corrected chi connectivity index (χ3v) is 3.41. The SMILES string of the molecule is CNCc1cccc(Br)c1OCc1cccnc1C#N. The number of hydrogen-bond acceptors (Lipinski definition) is 4. The quantitative estimate of drug-likeness (QED) is 0.914. The Hall–Kier alpha value is -1.90. The maximum Gasteiger partial charge on any atom is 0.147 e. The summed E-state index contributed by atoms with van der Waals surface area (Å²) in [6.45, 7) is 1.03. The van der Waals surface area contributed by atoms with E-state index in [1.54, 1.807) is 12.3 Å². The first-order chi connectivity index (χ1) is 9.76. The third-order valence-electron chi connectivity index (χ3n) is 2.78. The molecule has 0 saturated carbocycles. The molecule has 20 heavy (non-hydrogen) atoms. The Kier molecular flexibility index (Phi) is 5.10. The van der Waals surface area contributed by atoms with Crippen LogP contribution in [0.2, 0.25) is 0 Å². The van der Waals surface area contributed by atoms with Crippen molar-refractivity contribution < 1.29 is 4.74 Å². The van der Waals surface area contributed by atoms with Gasteiger partial charge in [-0.05, 0) is 35.1 Å². The van der Waals surface area contributed by atoms with Crippen molar-refractivity contribution >= 4 is 15.9 Å². The summed E-state index contributed by atoms with van der Waals surface area (Å²) in [4.78, 5) is 4.03. The minimum Gasteiger partial charge on any atom is -0.487 e. The molecule has 2 aromatic rings. The van der Waals surface area contributed by atoms with Gasteiger partial charge in [-0.1, -0.05) is 18.2 Å². The highest BCUT2D eigenvalue weighted by Crippen LogP contribution is 2.30. The summed E-state index contributed by atoms with van der Waals surface area (Å²) in [5.74, 6) is 0.787. The predicted molar refractivity (Wildman–Crippen MR) is 80.2 cm³/mol. The summed E-state index contributed by atoms with van der Waals surface area (Å²) in [6, 6.07) is 11.6. The summed E-state index contributed by atoms with van der Waals surface area (Å²) < 4.78 is 6.77. The molecule has 0 amide bonds. The third kappa shape index (κ3) is 3.35. The van der Waals surface area contributed by atoms with Crippen LogP contribution in [-0.2, 0) is 13.2 Å². The molecule has 0 saturated heterocycles. The lowest BCUT2D eigenvalue weighted by atomic mass is 10.2. The summed E-state index contributed by atoms with van der Waals surface area (Å²) in [6.07, 6.45) is 1.60. The van der Waals surface area contributed by atoms with Gasteiger partial charge in [0.25, 0.3) is 0 Å². The van der Waals surface area contributed by atoms with Gasteiger partial charge in [-0.15, -0.1) is 0 Å². The fraction of sp³-hybridized carbons (Fsp3) is 0.200. The highest BCUT2D eigenvalue weighted by Gasteiger charge is 2.09. The first kappa shape index (κ1) is 14.5. The number of nitriles is 1. The van der Waals surface area contributed by atoms with Crippen LogP contribution in [0.1, 0.15) is 16.8 Å². The molecule has 0 aliphatic heterocycles. The number of pyridine rings is 1. The van der Waals surface area contributed by atoms with Crippen LogP contribution in [0.25, 0.3) is 0 Å². The molecule has 0 unspecified atom stereocenters. The molecule has 0 aliphatic rings. The minimum absolute atomic E-state index is 0.316. The van der Waals surface area contributed by atoms with Crippen molar-refractivity contribution in [1.82, 2.24) is 10.3 Å². The van der Waals surface area contributed by atoms with Crippen LogP contribution in [0.15, 0.2) is 41.0 Å². The van der Waals surface area contributed by atoms with Gasteiger partial charge in [-0.2, -0.15) is 5.26 Å². The topological polar surface area (TPSA) is 57.9 Å². The summed E-state index contributed by atoms with van der Waals surface area (Å²) in [5.41, 5.74) is 2.24. The smallest absolute Gasteiger partial charge is 0.147 e. The van der Waals surface area contributed by atoms with Gasteiger partial charge in [0, 0.05) is 23.9 Å². The van der Waals surface area contributed by atoms with E-state index < -0.39 is 0 Å². The van der Waals surface area contributed by atoms with Crippen LogP contribution in [0.4, 0.5) is 0 Å². The molecule has 0 atom stereocenters. The van der Waals surface area contributed by atoms with E-state index in [4.69, 9.17) is 10.00 Å². The first-order valence-corrected chi connectivity index (χ1v) is 6.94. The lowest BCUT2D eigenvalue weighted by Gasteiger charge is -2.13. The molecule has 1 aromatic heterocycles. The number of ether oxygens (including phenoxy) is 1. The van der Waals surface area contributed by atoms with Crippen LogP contribution in [0.3, 0.4) is 0 Å². The summed E-state index contributed by atoms with van der Waals surface area (Å²) in [5, 5.41) is 12.1. The minimum atomic E-state index is 0.316. The van der Waals surface area contributed by atoms with Crippen molar-refractivity contribution in [2.45, 2.75) is 13.2 Å². The van der Waals surface area contributed by atoms with Gasteiger partial charge < -0.3 is 10.1 Å². The van der Waals surface area contributed by atoms with Gasteiger partial charge in [0.2, 0.25) is 0 Å². The number of halogens is 1. The van der Waals surface area contributed by atoms with Crippen molar-refractivity contribution in [3.63, 3.8) is 0 Å². The molecule has 1 N–H and O–H groups in total. The molecule has 0 spiro atoms. The fourth-order valence-corrected chi connectivity index (χ4v) is 2.37.